The summed E-state index contributed by atoms with van der Waals surface area (Å²) in [5.41, 5.74) is 5.71. The van der Waals surface area contributed by atoms with Crippen LogP contribution in [0.2, 0.25) is 0 Å². The van der Waals surface area contributed by atoms with E-state index in [2.05, 4.69) is 19.6 Å². The van der Waals surface area contributed by atoms with E-state index in [1.54, 1.807) is 25.4 Å². The zero-order chi connectivity index (χ0) is 22.8. The Morgan fingerprint density at radius 3 is 2.55 bits per heavy atom. The monoisotopic (exact) mass is 440 g/mol. The Labute approximate surface area is 188 Å². The van der Waals surface area contributed by atoms with E-state index >= 15 is 0 Å². The summed E-state index contributed by atoms with van der Waals surface area (Å²) in [5.74, 6) is -0.566. The van der Waals surface area contributed by atoms with E-state index in [1.807, 2.05) is 59.2 Å². The number of imidazole rings is 1. The van der Waals surface area contributed by atoms with Crippen molar-refractivity contribution in [2.45, 2.75) is 13.5 Å². The summed E-state index contributed by atoms with van der Waals surface area (Å²) in [6.45, 7) is 2.65. The fourth-order valence-corrected chi connectivity index (χ4v) is 3.89. The van der Waals surface area contributed by atoms with Gasteiger partial charge in [-0.2, -0.15) is 0 Å². The summed E-state index contributed by atoms with van der Waals surface area (Å²) < 4.78 is 11.8. The van der Waals surface area contributed by atoms with Gasteiger partial charge < -0.3 is 9.30 Å². The molecule has 8 heteroatoms. The smallest absolute Gasteiger partial charge is 0.439 e. The third-order valence-corrected chi connectivity index (χ3v) is 5.37. The molecule has 0 radical (unpaired) electrons. The van der Waals surface area contributed by atoms with E-state index in [0.29, 0.717) is 24.5 Å². The lowest BCUT2D eigenvalue weighted by molar-refractivity contribution is 0.0528. The molecule has 33 heavy (non-hydrogen) atoms. The van der Waals surface area contributed by atoms with Gasteiger partial charge in [0.05, 0.1) is 29.5 Å². The van der Waals surface area contributed by atoms with Crippen LogP contribution in [0, 0.1) is 0 Å². The molecule has 3 aromatic carbocycles. The second-order valence-electron chi connectivity index (χ2n) is 7.45. The van der Waals surface area contributed by atoms with Crippen LogP contribution in [0.25, 0.3) is 33.5 Å². The van der Waals surface area contributed by atoms with Crippen molar-refractivity contribution in [2.24, 2.45) is 0 Å². The first-order chi connectivity index (χ1) is 16.1. The maximum atomic E-state index is 12.4. The number of aromatic amines is 1. The van der Waals surface area contributed by atoms with Crippen LogP contribution in [-0.2, 0) is 11.3 Å². The number of H-pyrrole nitrogens is 1. The number of aromatic nitrogens is 4. The van der Waals surface area contributed by atoms with Crippen molar-refractivity contribution in [3.63, 3.8) is 0 Å². The highest BCUT2D eigenvalue weighted by Gasteiger charge is 2.16. The lowest BCUT2D eigenvalue weighted by Gasteiger charge is -2.10. The molecule has 1 N–H and O–H groups in total. The molecule has 2 aromatic heterocycles. The number of nitrogens with one attached hydrogen (secondary N) is 1. The molecule has 0 atom stereocenters. The zero-order valence-corrected chi connectivity index (χ0v) is 17.8. The molecule has 0 unspecified atom stereocenters. The number of hydrogen-bond donors (Lipinski definition) is 1. The number of carbonyl (C=O) groups excluding carboxylic acids is 1. The minimum absolute atomic E-state index is 0.314. The van der Waals surface area contributed by atoms with Crippen LogP contribution in [0.4, 0.5) is 0 Å². The van der Waals surface area contributed by atoms with Crippen molar-refractivity contribution in [1.82, 2.24) is 19.7 Å². The van der Waals surface area contributed by atoms with Crippen molar-refractivity contribution < 1.29 is 14.1 Å². The molecule has 0 bridgehead atoms. The van der Waals surface area contributed by atoms with E-state index in [9.17, 15) is 9.59 Å². The number of fused-ring (bicyclic) bond motifs is 1. The van der Waals surface area contributed by atoms with Gasteiger partial charge in [0.15, 0.2) is 5.82 Å². The van der Waals surface area contributed by atoms with Crippen molar-refractivity contribution >= 4 is 17.0 Å². The Morgan fingerprint density at radius 1 is 1.03 bits per heavy atom. The molecule has 0 aliphatic rings. The quantitative estimate of drug-likeness (QED) is 0.396. The number of hydrogen-bond acceptors (Lipinski definition) is 6. The minimum Gasteiger partial charge on any atom is -0.462 e. The molecule has 8 nitrogen and oxygen atoms in total. The lowest BCUT2D eigenvalue weighted by Crippen LogP contribution is -2.08. The molecule has 0 spiro atoms. The topological polar surface area (TPSA) is 103 Å². The molecule has 0 saturated heterocycles. The summed E-state index contributed by atoms with van der Waals surface area (Å²) in [6.07, 6.45) is 1.73. The highest BCUT2D eigenvalue weighted by atomic mass is 16.5. The Kier molecular flexibility index (Phi) is 5.32. The third-order valence-electron chi connectivity index (χ3n) is 5.37. The van der Waals surface area contributed by atoms with E-state index in [4.69, 9.17) is 4.74 Å². The number of rotatable bonds is 6. The fourth-order valence-electron chi connectivity index (χ4n) is 3.89. The average Bonchev–Trinajstić information content (AvgIpc) is 3.46. The second-order valence-corrected chi connectivity index (χ2v) is 7.45. The summed E-state index contributed by atoms with van der Waals surface area (Å²) in [5, 5.41) is 3.81. The van der Waals surface area contributed by atoms with Gasteiger partial charge >= 0.3 is 11.7 Å². The minimum atomic E-state index is -0.593. The van der Waals surface area contributed by atoms with Crippen LogP contribution in [0.15, 0.2) is 82.4 Å². The number of carbonyl (C=O) groups is 1. The van der Waals surface area contributed by atoms with Crippen LogP contribution in [0.3, 0.4) is 0 Å². The van der Waals surface area contributed by atoms with Crippen LogP contribution in [0.1, 0.15) is 22.8 Å². The van der Waals surface area contributed by atoms with Gasteiger partial charge in [0, 0.05) is 12.1 Å². The lowest BCUT2D eigenvalue weighted by atomic mass is 9.98. The first-order valence-corrected chi connectivity index (χ1v) is 10.5. The van der Waals surface area contributed by atoms with E-state index in [0.717, 1.165) is 33.3 Å². The predicted molar refractivity (Wildman–Crippen MR) is 123 cm³/mol. The van der Waals surface area contributed by atoms with E-state index in [-0.39, 0.29) is 5.97 Å². The van der Waals surface area contributed by atoms with Crippen LogP contribution >= 0.6 is 0 Å². The van der Waals surface area contributed by atoms with Gasteiger partial charge in [0.1, 0.15) is 0 Å². The maximum absolute atomic E-state index is 12.4. The van der Waals surface area contributed by atoms with Gasteiger partial charge in [-0.1, -0.05) is 59.8 Å². The first kappa shape index (κ1) is 20.4. The van der Waals surface area contributed by atoms with Gasteiger partial charge in [0.2, 0.25) is 0 Å². The molecule has 0 amide bonds. The Morgan fingerprint density at radius 2 is 1.82 bits per heavy atom. The normalized spacial score (nSPS) is 11.1. The van der Waals surface area contributed by atoms with Crippen molar-refractivity contribution in [3.8, 4) is 22.5 Å². The second kappa shape index (κ2) is 8.58. The molecule has 164 valence electrons. The molecule has 5 rings (SSSR count). The summed E-state index contributed by atoms with van der Waals surface area (Å²) in [6, 6.07) is 21.2. The summed E-state index contributed by atoms with van der Waals surface area (Å²) in [4.78, 5) is 30.8. The van der Waals surface area contributed by atoms with Crippen LogP contribution < -0.4 is 5.76 Å². The largest absolute Gasteiger partial charge is 0.462 e. The highest BCUT2D eigenvalue weighted by molar-refractivity contribution is 6.02. The molecule has 0 saturated carbocycles. The van der Waals surface area contributed by atoms with Crippen molar-refractivity contribution in [3.05, 3.63) is 94.7 Å². The van der Waals surface area contributed by atoms with Crippen molar-refractivity contribution in [2.75, 3.05) is 6.61 Å². The SMILES string of the molecule is CCOC(=O)c1cccc2ncn(Cc3ccc(-c4ccccc4-c4noc(=O)[nH]4)cc3)c12. The molecule has 0 aliphatic heterocycles. The van der Waals surface area contributed by atoms with Gasteiger partial charge in [-0.15, -0.1) is 0 Å². The maximum Gasteiger partial charge on any atom is 0.439 e. The van der Waals surface area contributed by atoms with E-state index < -0.39 is 5.76 Å². The third kappa shape index (κ3) is 3.94. The molecule has 0 fully saturated rings. The van der Waals surface area contributed by atoms with Crippen LogP contribution in [-0.4, -0.2) is 32.3 Å². The molecule has 5 aromatic rings. The number of nitrogens with zero attached hydrogens (tertiary/aromatic N) is 3. The molecule has 0 aliphatic carbocycles. The summed E-state index contributed by atoms with van der Waals surface area (Å²) in [7, 11) is 0. The van der Waals surface area contributed by atoms with Gasteiger partial charge in [-0.3, -0.25) is 9.51 Å². The number of para-hydroxylation sites is 1. The zero-order valence-electron chi connectivity index (χ0n) is 17.8. The first-order valence-electron chi connectivity index (χ1n) is 10.5. The number of esters is 1. The number of ether oxygens (including phenoxy) is 1. The number of benzene rings is 3. The predicted octanol–water partition coefficient (Wildman–Crippen LogP) is 4.27. The van der Waals surface area contributed by atoms with E-state index in [1.165, 1.54) is 0 Å². The van der Waals surface area contributed by atoms with Crippen LogP contribution in [0.5, 0.6) is 0 Å². The highest BCUT2D eigenvalue weighted by Crippen LogP contribution is 2.30. The van der Waals surface area contributed by atoms with Gasteiger partial charge in [0.25, 0.3) is 0 Å². The average molecular weight is 440 g/mol. The Bertz CT molecular complexity index is 1490. The molecular weight excluding hydrogens is 420 g/mol. The van der Waals surface area contributed by atoms with Gasteiger partial charge in [-0.25, -0.2) is 14.6 Å². The van der Waals surface area contributed by atoms with Gasteiger partial charge in [-0.05, 0) is 35.7 Å². The standard InChI is InChI=1S/C25H20N4O4/c1-2-32-24(30)20-8-5-9-21-22(20)29(15-26-21)14-16-10-12-17(13-11-16)18-6-3-4-7-19(18)23-27-25(31)33-28-23/h3-13,15H,2,14H2,1H3,(H,27,28,31). The molecule has 2 heterocycles. The fraction of sp³-hybridized carbons (Fsp3) is 0.120. The Hall–Kier alpha value is -4.46. The van der Waals surface area contributed by atoms with Crippen molar-refractivity contribution in [1.29, 1.82) is 0 Å². The summed E-state index contributed by atoms with van der Waals surface area (Å²) >= 11 is 0. The molecular formula is C25H20N4O4. The Balaban J connectivity index is 1.46.